The van der Waals surface area contributed by atoms with E-state index in [4.69, 9.17) is 4.74 Å². The van der Waals surface area contributed by atoms with Crippen molar-refractivity contribution in [2.75, 3.05) is 26.7 Å². The Hall–Kier alpha value is -0.730. The van der Waals surface area contributed by atoms with Gasteiger partial charge in [-0.3, -0.25) is 4.99 Å². The van der Waals surface area contributed by atoms with E-state index in [-0.39, 0.29) is 30.1 Å². The van der Waals surface area contributed by atoms with Crippen molar-refractivity contribution in [2.45, 2.75) is 53.2 Å². The number of halogens is 1. The lowest BCUT2D eigenvalue weighted by Gasteiger charge is -2.24. The van der Waals surface area contributed by atoms with Crippen LogP contribution in [0.4, 0.5) is 4.79 Å². The number of guanidine groups is 1. The fraction of sp³-hybridized carbons (Fsp3) is 0.857. The average molecular weight is 414 g/mol. The van der Waals surface area contributed by atoms with Gasteiger partial charge in [0.15, 0.2) is 5.96 Å². The van der Waals surface area contributed by atoms with Crippen LogP contribution in [0.5, 0.6) is 0 Å². The van der Waals surface area contributed by atoms with Crippen molar-refractivity contribution in [3.8, 4) is 0 Å². The summed E-state index contributed by atoms with van der Waals surface area (Å²) in [7, 11) is 1.71. The lowest BCUT2D eigenvalue weighted by molar-refractivity contribution is 0.0304. The van der Waals surface area contributed by atoms with Crippen LogP contribution in [0.15, 0.2) is 4.99 Å². The van der Waals surface area contributed by atoms with E-state index in [1.54, 1.807) is 7.05 Å². The minimum atomic E-state index is -0.470. The molecule has 0 saturated heterocycles. The molecule has 0 bridgehead atoms. The Balaban J connectivity index is 0. The second-order valence-corrected chi connectivity index (χ2v) is 5.96. The molecular formula is C14H31IN4O2. The molecule has 0 aromatic heterocycles. The SMILES string of the molecule is CCNC(=NCCN(C)C(=O)OC(C)(C)C)NC(C)C.I. The highest BCUT2D eigenvalue weighted by Crippen LogP contribution is 2.08. The predicted octanol–water partition coefficient (Wildman–Crippen LogP) is 2.43. The summed E-state index contributed by atoms with van der Waals surface area (Å²) in [6.45, 7) is 13.5. The van der Waals surface area contributed by atoms with Crippen molar-refractivity contribution >= 4 is 36.0 Å². The molecule has 7 heteroatoms. The van der Waals surface area contributed by atoms with Gasteiger partial charge in [0.1, 0.15) is 5.60 Å². The maximum Gasteiger partial charge on any atom is 0.410 e. The van der Waals surface area contributed by atoms with Crippen molar-refractivity contribution in [1.82, 2.24) is 15.5 Å². The first-order valence-electron chi connectivity index (χ1n) is 7.14. The summed E-state index contributed by atoms with van der Waals surface area (Å²) < 4.78 is 5.28. The zero-order valence-corrected chi connectivity index (χ0v) is 16.6. The van der Waals surface area contributed by atoms with Gasteiger partial charge in [0, 0.05) is 26.2 Å². The van der Waals surface area contributed by atoms with Gasteiger partial charge in [0.2, 0.25) is 0 Å². The number of hydrogen-bond acceptors (Lipinski definition) is 3. The molecule has 0 radical (unpaired) electrons. The van der Waals surface area contributed by atoms with Gasteiger partial charge in [-0.2, -0.15) is 0 Å². The van der Waals surface area contributed by atoms with Crippen molar-refractivity contribution in [2.24, 2.45) is 4.99 Å². The van der Waals surface area contributed by atoms with E-state index >= 15 is 0 Å². The molecule has 0 saturated carbocycles. The van der Waals surface area contributed by atoms with Crippen molar-refractivity contribution in [1.29, 1.82) is 0 Å². The summed E-state index contributed by atoms with van der Waals surface area (Å²) in [5, 5.41) is 6.39. The summed E-state index contributed by atoms with van der Waals surface area (Å²) in [6, 6.07) is 0.316. The van der Waals surface area contributed by atoms with E-state index in [0.717, 1.165) is 12.5 Å². The summed E-state index contributed by atoms with van der Waals surface area (Å²) in [6.07, 6.45) is -0.325. The highest BCUT2D eigenvalue weighted by atomic mass is 127. The molecule has 0 aromatic carbocycles. The number of likely N-dealkylation sites (N-methyl/N-ethyl adjacent to an activating group) is 1. The average Bonchev–Trinajstić information content (AvgIpc) is 2.25. The van der Waals surface area contributed by atoms with Crippen molar-refractivity contribution < 1.29 is 9.53 Å². The third kappa shape index (κ3) is 12.7. The number of carbonyl (C=O) groups is 1. The number of rotatable bonds is 5. The molecule has 0 aliphatic heterocycles. The number of amides is 1. The highest BCUT2D eigenvalue weighted by molar-refractivity contribution is 14.0. The zero-order chi connectivity index (χ0) is 15.8. The van der Waals surface area contributed by atoms with Crippen LogP contribution in [0.3, 0.4) is 0 Å². The number of hydrogen-bond donors (Lipinski definition) is 2. The van der Waals surface area contributed by atoms with Crippen LogP contribution in [0.1, 0.15) is 41.5 Å². The Labute approximate surface area is 146 Å². The van der Waals surface area contributed by atoms with Crippen molar-refractivity contribution in [3.63, 3.8) is 0 Å². The van der Waals surface area contributed by atoms with Gasteiger partial charge in [-0.15, -0.1) is 24.0 Å². The molecule has 0 aliphatic rings. The molecule has 0 aromatic rings. The quantitative estimate of drug-likeness (QED) is 0.412. The molecule has 0 rings (SSSR count). The summed E-state index contributed by atoms with van der Waals surface area (Å²) in [5.74, 6) is 0.764. The fourth-order valence-corrected chi connectivity index (χ4v) is 1.34. The molecule has 0 atom stereocenters. The van der Waals surface area contributed by atoms with E-state index in [0.29, 0.717) is 19.1 Å². The number of carbonyl (C=O) groups excluding carboxylic acids is 1. The van der Waals surface area contributed by atoms with Gasteiger partial charge >= 0.3 is 6.09 Å². The Morgan fingerprint density at radius 2 is 1.90 bits per heavy atom. The van der Waals surface area contributed by atoms with Crippen LogP contribution in [-0.2, 0) is 4.74 Å². The summed E-state index contributed by atoms with van der Waals surface area (Å²) >= 11 is 0. The Bertz CT molecular complexity index is 327. The van der Waals surface area contributed by atoms with E-state index in [1.165, 1.54) is 4.90 Å². The first kappa shape index (κ1) is 22.5. The Morgan fingerprint density at radius 1 is 1.33 bits per heavy atom. The lowest BCUT2D eigenvalue weighted by Crippen LogP contribution is -2.41. The minimum Gasteiger partial charge on any atom is -0.444 e. The van der Waals surface area contributed by atoms with E-state index in [1.807, 2.05) is 27.7 Å². The zero-order valence-electron chi connectivity index (χ0n) is 14.3. The van der Waals surface area contributed by atoms with Crippen LogP contribution in [0.2, 0.25) is 0 Å². The van der Waals surface area contributed by atoms with Gasteiger partial charge in [-0.25, -0.2) is 4.79 Å². The smallest absolute Gasteiger partial charge is 0.410 e. The first-order valence-corrected chi connectivity index (χ1v) is 7.14. The molecule has 6 nitrogen and oxygen atoms in total. The second-order valence-electron chi connectivity index (χ2n) is 5.96. The molecule has 0 aliphatic carbocycles. The monoisotopic (exact) mass is 414 g/mol. The molecule has 21 heavy (non-hydrogen) atoms. The third-order valence-electron chi connectivity index (χ3n) is 2.18. The number of ether oxygens (including phenoxy) is 1. The van der Waals surface area contributed by atoms with Gasteiger partial charge in [-0.1, -0.05) is 0 Å². The normalized spacial score (nSPS) is 11.7. The molecule has 0 heterocycles. The number of aliphatic imine (C=N–C) groups is 1. The van der Waals surface area contributed by atoms with E-state index in [9.17, 15) is 4.79 Å². The lowest BCUT2D eigenvalue weighted by atomic mass is 10.2. The summed E-state index contributed by atoms with van der Waals surface area (Å²) in [4.78, 5) is 17.7. The summed E-state index contributed by atoms with van der Waals surface area (Å²) in [5.41, 5.74) is -0.470. The maximum absolute atomic E-state index is 11.8. The van der Waals surface area contributed by atoms with E-state index < -0.39 is 5.60 Å². The molecule has 2 N–H and O–H groups in total. The van der Waals surface area contributed by atoms with Gasteiger partial charge in [0.25, 0.3) is 0 Å². The molecule has 1 amide bonds. The van der Waals surface area contributed by atoms with Crippen LogP contribution in [0.25, 0.3) is 0 Å². The van der Waals surface area contributed by atoms with Gasteiger partial charge < -0.3 is 20.3 Å². The molecule has 0 fully saturated rings. The van der Waals surface area contributed by atoms with Crippen LogP contribution >= 0.6 is 24.0 Å². The predicted molar refractivity (Wildman–Crippen MR) is 98.5 cm³/mol. The van der Waals surface area contributed by atoms with Crippen LogP contribution in [-0.4, -0.2) is 55.3 Å². The van der Waals surface area contributed by atoms with Crippen LogP contribution < -0.4 is 10.6 Å². The van der Waals surface area contributed by atoms with Gasteiger partial charge in [0.05, 0.1) is 6.54 Å². The first-order chi connectivity index (χ1) is 9.15. The minimum absolute atomic E-state index is 0. The molecule has 0 spiro atoms. The fourth-order valence-electron chi connectivity index (χ4n) is 1.34. The third-order valence-corrected chi connectivity index (χ3v) is 2.18. The Morgan fingerprint density at radius 3 is 2.33 bits per heavy atom. The molecule has 126 valence electrons. The van der Waals surface area contributed by atoms with Gasteiger partial charge in [-0.05, 0) is 41.5 Å². The highest BCUT2D eigenvalue weighted by Gasteiger charge is 2.19. The Kier molecular flexibility index (Phi) is 11.7. The number of nitrogens with one attached hydrogen (secondary N) is 2. The second kappa shape index (κ2) is 10.9. The molecule has 0 unspecified atom stereocenters. The van der Waals surface area contributed by atoms with Crippen molar-refractivity contribution in [3.05, 3.63) is 0 Å². The largest absolute Gasteiger partial charge is 0.444 e. The van der Waals surface area contributed by atoms with E-state index in [2.05, 4.69) is 29.5 Å². The topological polar surface area (TPSA) is 66.0 Å². The van der Waals surface area contributed by atoms with Crippen LogP contribution in [0, 0.1) is 0 Å². The maximum atomic E-state index is 11.8. The standard InChI is InChI=1S/C14H30N4O2.HI/c1-8-15-12(17-11(2)3)16-9-10-18(7)13(19)20-14(4,5)6;/h11H,8-10H2,1-7H3,(H2,15,16,17);1H. The molecular weight excluding hydrogens is 383 g/mol. The number of nitrogens with zero attached hydrogens (tertiary/aromatic N) is 2.